The highest BCUT2D eigenvalue weighted by Gasteiger charge is 2.13. The summed E-state index contributed by atoms with van der Waals surface area (Å²) in [5.41, 5.74) is 2.68. The van der Waals surface area contributed by atoms with Crippen LogP contribution in [0.15, 0.2) is 84.9 Å². The van der Waals surface area contributed by atoms with Crippen molar-refractivity contribution >= 4 is 0 Å². The summed E-state index contributed by atoms with van der Waals surface area (Å²) in [6, 6.07) is 29.8. The Hall–Kier alpha value is -2.58. The van der Waals surface area contributed by atoms with Crippen LogP contribution in [0.5, 0.6) is 11.5 Å². The minimum atomic E-state index is 0.334. The third-order valence-corrected chi connectivity index (χ3v) is 4.36. The van der Waals surface area contributed by atoms with E-state index >= 15 is 0 Å². The van der Waals surface area contributed by atoms with Gasteiger partial charge in [-0.1, -0.05) is 74.5 Å². The predicted molar refractivity (Wildman–Crippen MR) is 109 cm³/mol. The van der Waals surface area contributed by atoms with Crippen LogP contribution in [0.25, 0.3) is 0 Å². The summed E-state index contributed by atoms with van der Waals surface area (Å²) in [5, 5.41) is 3.69. The maximum Gasteiger partial charge on any atom is 0.127 e. The topological polar surface area (TPSA) is 21.3 Å². The number of nitrogens with one attached hydrogen (secondary N) is 1. The lowest BCUT2D eigenvalue weighted by molar-refractivity contribution is 0.450. The van der Waals surface area contributed by atoms with Crippen LogP contribution in [-0.4, -0.2) is 6.04 Å². The number of hydrogen-bond donors (Lipinski definition) is 1. The van der Waals surface area contributed by atoms with Gasteiger partial charge in [-0.05, 0) is 48.2 Å². The van der Waals surface area contributed by atoms with Gasteiger partial charge >= 0.3 is 0 Å². The summed E-state index contributed by atoms with van der Waals surface area (Å²) in [6.07, 6.45) is 2.13. The van der Waals surface area contributed by atoms with E-state index in [1.54, 1.807) is 0 Å². The highest BCUT2D eigenvalue weighted by Crippen LogP contribution is 2.25. The van der Waals surface area contributed by atoms with Crippen molar-refractivity contribution in [2.24, 2.45) is 0 Å². The second kappa shape index (κ2) is 9.21. The Kier molecular flexibility index (Phi) is 6.45. The van der Waals surface area contributed by atoms with Gasteiger partial charge < -0.3 is 10.1 Å². The van der Waals surface area contributed by atoms with Gasteiger partial charge in [0.1, 0.15) is 11.5 Å². The SMILES string of the molecule is CC(C)NC(CCc1ccccc1)c1ccc(Oc2ccccc2)cc1. The minimum absolute atomic E-state index is 0.334. The molecule has 3 aromatic carbocycles. The molecule has 0 heterocycles. The van der Waals surface area contributed by atoms with Crippen LogP contribution in [0.1, 0.15) is 37.4 Å². The van der Waals surface area contributed by atoms with Crippen molar-refractivity contribution in [3.8, 4) is 11.5 Å². The molecule has 0 radical (unpaired) electrons. The predicted octanol–water partition coefficient (Wildman–Crippen LogP) is 6.15. The van der Waals surface area contributed by atoms with Gasteiger partial charge in [-0.15, -0.1) is 0 Å². The first-order valence-corrected chi connectivity index (χ1v) is 9.33. The van der Waals surface area contributed by atoms with E-state index < -0.39 is 0 Å². The number of hydrogen-bond acceptors (Lipinski definition) is 2. The molecule has 2 nitrogen and oxygen atoms in total. The van der Waals surface area contributed by atoms with E-state index in [4.69, 9.17) is 4.74 Å². The van der Waals surface area contributed by atoms with Crippen molar-refractivity contribution in [3.63, 3.8) is 0 Å². The van der Waals surface area contributed by atoms with Crippen molar-refractivity contribution in [3.05, 3.63) is 96.1 Å². The summed E-state index contributed by atoms with van der Waals surface area (Å²) in [5.74, 6) is 1.73. The summed E-state index contributed by atoms with van der Waals surface area (Å²) in [7, 11) is 0. The fourth-order valence-corrected chi connectivity index (χ4v) is 3.10. The molecule has 0 spiro atoms. The molecule has 0 aromatic heterocycles. The van der Waals surface area contributed by atoms with Crippen molar-refractivity contribution in [2.75, 3.05) is 0 Å². The maximum atomic E-state index is 5.90. The van der Waals surface area contributed by atoms with E-state index in [0.29, 0.717) is 12.1 Å². The highest BCUT2D eigenvalue weighted by atomic mass is 16.5. The van der Waals surface area contributed by atoms with Crippen LogP contribution < -0.4 is 10.1 Å². The standard InChI is InChI=1S/C24H27NO/c1-19(2)25-24(18-13-20-9-5-3-6-10-20)21-14-16-23(17-15-21)26-22-11-7-4-8-12-22/h3-12,14-17,19,24-25H,13,18H2,1-2H3. The van der Waals surface area contributed by atoms with Gasteiger partial charge in [0.25, 0.3) is 0 Å². The van der Waals surface area contributed by atoms with Crippen molar-refractivity contribution in [2.45, 2.75) is 38.8 Å². The molecule has 2 heteroatoms. The van der Waals surface area contributed by atoms with Crippen LogP contribution >= 0.6 is 0 Å². The van der Waals surface area contributed by atoms with E-state index in [0.717, 1.165) is 24.3 Å². The molecule has 0 saturated heterocycles. The first-order chi connectivity index (χ1) is 12.7. The molecule has 26 heavy (non-hydrogen) atoms. The van der Waals surface area contributed by atoms with Crippen LogP contribution in [0.3, 0.4) is 0 Å². The Labute approximate surface area is 156 Å². The van der Waals surface area contributed by atoms with Crippen molar-refractivity contribution < 1.29 is 4.74 Å². The molecule has 1 atom stereocenters. The highest BCUT2D eigenvalue weighted by molar-refractivity contribution is 5.34. The van der Waals surface area contributed by atoms with Gasteiger partial charge in [0.05, 0.1) is 0 Å². The molecule has 3 aromatic rings. The van der Waals surface area contributed by atoms with E-state index in [9.17, 15) is 0 Å². The summed E-state index contributed by atoms with van der Waals surface area (Å²) < 4.78 is 5.90. The third kappa shape index (κ3) is 5.47. The molecule has 1 N–H and O–H groups in total. The molecular formula is C24H27NO. The zero-order valence-corrected chi connectivity index (χ0v) is 15.6. The van der Waals surface area contributed by atoms with Crippen molar-refractivity contribution in [1.29, 1.82) is 0 Å². The second-order valence-electron chi connectivity index (χ2n) is 6.88. The maximum absolute atomic E-state index is 5.90. The minimum Gasteiger partial charge on any atom is -0.457 e. The zero-order chi connectivity index (χ0) is 18.2. The van der Waals surface area contributed by atoms with Gasteiger partial charge in [-0.3, -0.25) is 0 Å². The molecule has 0 aliphatic rings. The molecule has 0 aliphatic carbocycles. The molecule has 0 saturated carbocycles. The van der Waals surface area contributed by atoms with Crippen LogP contribution in [0, 0.1) is 0 Å². The first-order valence-electron chi connectivity index (χ1n) is 9.33. The largest absolute Gasteiger partial charge is 0.457 e. The number of aryl methyl sites for hydroxylation is 1. The monoisotopic (exact) mass is 345 g/mol. The molecule has 3 rings (SSSR count). The first kappa shape index (κ1) is 18.2. The smallest absolute Gasteiger partial charge is 0.127 e. The Morgan fingerprint density at radius 2 is 1.31 bits per heavy atom. The van der Waals surface area contributed by atoms with E-state index in [-0.39, 0.29) is 0 Å². The summed E-state index contributed by atoms with van der Waals surface area (Å²) in [4.78, 5) is 0. The Bertz CT molecular complexity index is 766. The average Bonchev–Trinajstić information content (AvgIpc) is 2.67. The average molecular weight is 345 g/mol. The third-order valence-electron chi connectivity index (χ3n) is 4.36. The summed E-state index contributed by atoms with van der Waals surface area (Å²) >= 11 is 0. The Morgan fingerprint density at radius 3 is 1.92 bits per heavy atom. The van der Waals surface area contributed by atoms with E-state index in [1.807, 2.05) is 30.3 Å². The fraction of sp³-hybridized carbons (Fsp3) is 0.250. The normalized spacial score (nSPS) is 12.1. The number of benzene rings is 3. The number of rotatable bonds is 8. The lowest BCUT2D eigenvalue weighted by Crippen LogP contribution is -2.28. The molecule has 0 fully saturated rings. The molecular weight excluding hydrogens is 318 g/mol. The van der Waals surface area contributed by atoms with E-state index in [2.05, 4.69) is 73.8 Å². The molecule has 0 bridgehead atoms. The van der Waals surface area contributed by atoms with E-state index in [1.165, 1.54) is 11.1 Å². The Balaban J connectivity index is 1.67. The zero-order valence-electron chi connectivity index (χ0n) is 15.6. The lowest BCUT2D eigenvalue weighted by Gasteiger charge is -2.22. The number of ether oxygens (including phenoxy) is 1. The summed E-state index contributed by atoms with van der Waals surface area (Å²) in [6.45, 7) is 4.39. The molecule has 0 amide bonds. The van der Waals surface area contributed by atoms with Gasteiger partial charge in [-0.25, -0.2) is 0 Å². The molecule has 134 valence electrons. The Morgan fingerprint density at radius 1 is 0.731 bits per heavy atom. The fourth-order valence-electron chi connectivity index (χ4n) is 3.10. The quantitative estimate of drug-likeness (QED) is 0.528. The van der Waals surface area contributed by atoms with Crippen molar-refractivity contribution in [1.82, 2.24) is 5.32 Å². The van der Waals surface area contributed by atoms with Gasteiger partial charge in [0.2, 0.25) is 0 Å². The molecule has 1 unspecified atom stereocenters. The van der Waals surface area contributed by atoms with Crippen LogP contribution in [0.2, 0.25) is 0 Å². The van der Waals surface area contributed by atoms with Gasteiger partial charge in [-0.2, -0.15) is 0 Å². The second-order valence-corrected chi connectivity index (χ2v) is 6.88. The molecule has 0 aliphatic heterocycles. The number of para-hydroxylation sites is 1. The van der Waals surface area contributed by atoms with Crippen LogP contribution in [-0.2, 0) is 6.42 Å². The van der Waals surface area contributed by atoms with Gasteiger partial charge in [0, 0.05) is 12.1 Å². The lowest BCUT2D eigenvalue weighted by atomic mass is 9.98. The van der Waals surface area contributed by atoms with Crippen LogP contribution in [0.4, 0.5) is 0 Å². The van der Waals surface area contributed by atoms with Gasteiger partial charge in [0.15, 0.2) is 0 Å².